The summed E-state index contributed by atoms with van der Waals surface area (Å²) in [7, 11) is 1.64. The van der Waals surface area contributed by atoms with Gasteiger partial charge in [-0.2, -0.15) is 8.78 Å². The van der Waals surface area contributed by atoms with E-state index >= 15 is 0 Å². The van der Waals surface area contributed by atoms with Crippen molar-refractivity contribution in [1.29, 1.82) is 0 Å². The van der Waals surface area contributed by atoms with Crippen LogP contribution in [-0.2, 0) is 7.05 Å². The molecule has 1 aromatic carbocycles. The van der Waals surface area contributed by atoms with E-state index < -0.39 is 18.2 Å². The molecule has 152 valence electrons. The van der Waals surface area contributed by atoms with Crippen LogP contribution in [0.2, 0.25) is 0 Å². The van der Waals surface area contributed by atoms with Crippen LogP contribution in [0.25, 0.3) is 21.7 Å². The molecule has 29 heavy (non-hydrogen) atoms. The van der Waals surface area contributed by atoms with Crippen LogP contribution in [0.5, 0.6) is 5.75 Å². The summed E-state index contributed by atoms with van der Waals surface area (Å²) in [6.45, 7) is 1.63. The van der Waals surface area contributed by atoms with E-state index in [0.717, 1.165) is 10.8 Å². The van der Waals surface area contributed by atoms with Crippen molar-refractivity contribution in [3.05, 3.63) is 58.7 Å². The molecule has 0 saturated heterocycles. The Labute approximate surface area is 164 Å². The Bertz CT molecular complexity index is 1170. The zero-order chi connectivity index (χ0) is 21.1. The van der Waals surface area contributed by atoms with Crippen LogP contribution >= 0.6 is 0 Å². The molecule has 0 aliphatic carbocycles. The SMILES string of the molecule is Cc1nccc2c1c(=O)n(C)c1cc(OCC(CC=C(F)F)NC(=O)O)ccc21. The number of fused-ring (bicyclic) bond motifs is 3. The van der Waals surface area contributed by atoms with Gasteiger partial charge in [0.15, 0.2) is 0 Å². The van der Waals surface area contributed by atoms with E-state index in [2.05, 4.69) is 10.3 Å². The highest BCUT2D eigenvalue weighted by molar-refractivity contribution is 6.06. The highest BCUT2D eigenvalue weighted by Gasteiger charge is 2.14. The van der Waals surface area contributed by atoms with Crippen molar-refractivity contribution in [2.75, 3.05) is 6.61 Å². The minimum Gasteiger partial charge on any atom is -0.491 e. The predicted octanol–water partition coefficient (Wildman–Crippen LogP) is 3.58. The molecule has 1 amide bonds. The normalized spacial score (nSPS) is 12.0. The van der Waals surface area contributed by atoms with E-state index in [-0.39, 0.29) is 18.6 Å². The summed E-state index contributed by atoms with van der Waals surface area (Å²) >= 11 is 0. The van der Waals surface area contributed by atoms with Crippen molar-refractivity contribution < 1.29 is 23.4 Å². The van der Waals surface area contributed by atoms with E-state index in [0.29, 0.717) is 28.4 Å². The maximum Gasteiger partial charge on any atom is 0.405 e. The fraction of sp³-hybridized carbons (Fsp3) is 0.250. The van der Waals surface area contributed by atoms with Gasteiger partial charge < -0.3 is 19.7 Å². The summed E-state index contributed by atoms with van der Waals surface area (Å²) in [5.74, 6) is 0.388. The van der Waals surface area contributed by atoms with Crippen LogP contribution in [0.1, 0.15) is 12.1 Å². The van der Waals surface area contributed by atoms with Crippen molar-refractivity contribution in [2.24, 2.45) is 7.05 Å². The van der Waals surface area contributed by atoms with Crippen LogP contribution in [0, 0.1) is 6.92 Å². The smallest absolute Gasteiger partial charge is 0.405 e. The Hall–Kier alpha value is -3.49. The molecule has 1 unspecified atom stereocenters. The molecular formula is C20H19F2N3O4. The van der Waals surface area contributed by atoms with Gasteiger partial charge in [0.1, 0.15) is 12.4 Å². The number of hydrogen-bond acceptors (Lipinski definition) is 4. The maximum absolute atomic E-state index is 12.7. The van der Waals surface area contributed by atoms with Crippen molar-refractivity contribution in [3.8, 4) is 5.75 Å². The number of hydrogen-bond donors (Lipinski definition) is 2. The maximum atomic E-state index is 12.7. The number of ether oxygens (including phenoxy) is 1. The minimum atomic E-state index is -1.89. The predicted molar refractivity (Wildman–Crippen MR) is 105 cm³/mol. The Morgan fingerprint density at radius 3 is 2.79 bits per heavy atom. The molecule has 0 aliphatic heterocycles. The molecule has 2 N–H and O–H groups in total. The second-order valence-electron chi connectivity index (χ2n) is 6.55. The van der Waals surface area contributed by atoms with Gasteiger partial charge in [0, 0.05) is 24.7 Å². The number of amides is 1. The third-order valence-electron chi connectivity index (χ3n) is 4.62. The molecule has 0 bridgehead atoms. The van der Waals surface area contributed by atoms with Crippen LogP contribution in [-0.4, -0.2) is 33.4 Å². The molecule has 0 spiro atoms. The van der Waals surface area contributed by atoms with Gasteiger partial charge in [-0.25, -0.2) is 4.79 Å². The second-order valence-corrected chi connectivity index (χ2v) is 6.55. The molecular weight excluding hydrogens is 384 g/mol. The van der Waals surface area contributed by atoms with E-state index in [1.54, 1.807) is 44.4 Å². The molecule has 1 atom stereocenters. The molecule has 9 heteroatoms. The van der Waals surface area contributed by atoms with Crippen molar-refractivity contribution in [2.45, 2.75) is 19.4 Å². The number of carboxylic acid groups (broad SMARTS) is 1. The second kappa shape index (κ2) is 8.26. The molecule has 2 heterocycles. The van der Waals surface area contributed by atoms with Gasteiger partial charge in [-0.05, 0) is 43.0 Å². The van der Waals surface area contributed by atoms with E-state index in [9.17, 15) is 18.4 Å². The minimum absolute atomic E-state index is 0.147. The lowest BCUT2D eigenvalue weighted by atomic mass is 10.1. The Morgan fingerprint density at radius 1 is 1.34 bits per heavy atom. The topological polar surface area (TPSA) is 93.5 Å². The quantitative estimate of drug-likeness (QED) is 0.614. The van der Waals surface area contributed by atoms with Crippen LogP contribution in [0.3, 0.4) is 0 Å². The Morgan fingerprint density at radius 2 is 2.10 bits per heavy atom. The number of carbonyl (C=O) groups is 1. The first-order valence-corrected chi connectivity index (χ1v) is 8.79. The lowest BCUT2D eigenvalue weighted by Crippen LogP contribution is -2.37. The van der Waals surface area contributed by atoms with E-state index in [1.165, 1.54) is 4.57 Å². The molecule has 0 radical (unpaired) electrons. The lowest BCUT2D eigenvalue weighted by molar-refractivity contribution is 0.181. The van der Waals surface area contributed by atoms with Crippen LogP contribution in [0.4, 0.5) is 13.6 Å². The average Bonchev–Trinajstić information content (AvgIpc) is 2.67. The summed E-state index contributed by atoms with van der Waals surface area (Å²) in [5, 5.41) is 13.2. The third kappa shape index (κ3) is 4.34. The standard InChI is InChI=1S/C20H19F2N3O4/c1-11-18-15(7-8-23-11)14-5-4-13(9-16(14)25(2)19(18)26)29-10-12(24-20(27)28)3-6-17(21)22/h4-9,12,24H,3,10H2,1-2H3,(H,27,28). The molecule has 7 nitrogen and oxygen atoms in total. The third-order valence-corrected chi connectivity index (χ3v) is 4.62. The first-order chi connectivity index (χ1) is 13.8. The zero-order valence-corrected chi connectivity index (χ0v) is 15.8. The molecule has 0 saturated carbocycles. The van der Waals surface area contributed by atoms with Gasteiger partial charge in [-0.15, -0.1) is 0 Å². The van der Waals surface area contributed by atoms with Crippen molar-refractivity contribution in [1.82, 2.24) is 14.9 Å². The first-order valence-electron chi connectivity index (χ1n) is 8.79. The summed E-state index contributed by atoms with van der Waals surface area (Å²) in [6, 6.07) is 6.07. The van der Waals surface area contributed by atoms with E-state index in [1.807, 2.05) is 0 Å². The first kappa shape index (κ1) is 20.2. The largest absolute Gasteiger partial charge is 0.491 e. The van der Waals surface area contributed by atoms with Crippen molar-refractivity contribution in [3.63, 3.8) is 0 Å². The molecule has 3 rings (SSSR count). The number of aromatic nitrogens is 2. The summed E-state index contributed by atoms with van der Waals surface area (Å²) < 4.78 is 31.7. The van der Waals surface area contributed by atoms with E-state index in [4.69, 9.17) is 9.84 Å². The number of nitrogens with one attached hydrogen (secondary N) is 1. The number of rotatable bonds is 6. The van der Waals surface area contributed by atoms with Gasteiger partial charge in [0.05, 0.1) is 22.6 Å². The van der Waals surface area contributed by atoms with Crippen LogP contribution in [0.15, 0.2) is 47.4 Å². The zero-order valence-electron chi connectivity index (χ0n) is 15.8. The van der Waals surface area contributed by atoms with Gasteiger partial charge in [0.25, 0.3) is 11.6 Å². The van der Waals surface area contributed by atoms with Gasteiger partial charge in [0.2, 0.25) is 0 Å². The molecule has 0 aliphatic rings. The average molecular weight is 403 g/mol. The van der Waals surface area contributed by atoms with Gasteiger partial charge in [-0.1, -0.05) is 0 Å². The van der Waals surface area contributed by atoms with Crippen LogP contribution < -0.4 is 15.6 Å². The Balaban J connectivity index is 1.94. The summed E-state index contributed by atoms with van der Waals surface area (Å²) in [6.07, 6.45) is -1.16. The highest BCUT2D eigenvalue weighted by Crippen LogP contribution is 2.27. The summed E-state index contributed by atoms with van der Waals surface area (Å²) in [4.78, 5) is 27.8. The van der Waals surface area contributed by atoms with Gasteiger partial charge in [-0.3, -0.25) is 9.78 Å². The number of benzene rings is 1. The number of nitrogens with zero attached hydrogens (tertiary/aromatic N) is 2. The number of halogens is 2. The number of pyridine rings is 2. The Kier molecular flexibility index (Phi) is 5.76. The molecule has 3 aromatic rings. The lowest BCUT2D eigenvalue weighted by Gasteiger charge is -2.17. The van der Waals surface area contributed by atoms with Gasteiger partial charge >= 0.3 is 6.09 Å². The fourth-order valence-corrected chi connectivity index (χ4v) is 3.22. The number of aryl methyl sites for hydroxylation is 2. The summed E-state index contributed by atoms with van der Waals surface area (Å²) in [5.41, 5.74) is 1.08. The van der Waals surface area contributed by atoms with Crippen molar-refractivity contribution >= 4 is 27.8 Å². The molecule has 0 fully saturated rings. The monoisotopic (exact) mass is 403 g/mol. The fourth-order valence-electron chi connectivity index (χ4n) is 3.22. The molecule has 2 aromatic heterocycles. The highest BCUT2D eigenvalue weighted by atomic mass is 19.3.